The van der Waals surface area contributed by atoms with Gasteiger partial charge in [-0.25, -0.2) is 0 Å². The van der Waals surface area contributed by atoms with Gasteiger partial charge in [0, 0.05) is 13.1 Å². The standard InChI is InChI=1S/C12H17NO3/c1-3-9(4-2)12(14)13(5-10-7-15-10)6-11-8-16-11/h3-4,9-11H,1-2,5-8H2. The van der Waals surface area contributed by atoms with Gasteiger partial charge in [-0.05, 0) is 0 Å². The SMILES string of the molecule is C=CC(C=C)C(=O)N(CC1CO1)CC1CO1. The van der Waals surface area contributed by atoms with Gasteiger partial charge >= 0.3 is 0 Å². The van der Waals surface area contributed by atoms with Gasteiger partial charge in [0.1, 0.15) is 0 Å². The summed E-state index contributed by atoms with van der Waals surface area (Å²) in [5.41, 5.74) is 0. The molecule has 2 atom stereocenters. The fraction of sp³-hybridized carbons (Fsp3) is 0.583. The summed E-state index contributed by atoms with van der Waals surface area (Å²) in [5.74, 6) is -0.270. The minimum Gasteiger partial charge on any atom is -0.371 e. The maximum absolute atomic E-state index is 12.1. The molecule has 0 radical (unpaired) electrons. The van der Waals surface area contributed by atoms with Crippen LogP contribution in [0.4, 0.5) is 0 Å². The average Bonchev–Trinajstić information content (AvgIpc) is 3.13. The molecule has 0 spiro atoms. The molecule has 0 aliphatic carbocycles. The van der Waals surface area contributed by atoms with Crippen molar-refractivity contribution in [3.8, 4) is 0 Å². The topological polar surface area (TPSA) is 45.4 Å². The summed E-state index contributed by atoms with van der Waals surface area (Å²) in [5, 5.41) is 0. The Morgan fingerprint density at radius 1 is 1.25 bits per heavy atom. The number of hydrogen-bond acceptors (Lipinski definition) is 3. The molecule has 4 heteroatoms. The van der Waals surface area contributed by atoms with Gasteiger partial charge in [0.2, 0.25) is 5.91 Å². The van der Waals surface area contributed by atoms with Crippen LogP contribution in [-0.2, 0) is 14.3 Å². The third-order valence-corrected chi connectivity index (χ3v) is 2.76. The molecule has 0 aromatic carbocycles. The first kappa shape index (κ1) is 11.4. The zero-order valence-corrected chi connectivity index (χ0v) is 9.30. The second-order valence-electron chi connectivity index (χ2n) is 4.15. The van der Waals surface area contributed by atoms with Gasteiger partial charge in [0.25, 0.3) is 0 Å². The summed E-state index contributed by atoms with van der Waals surface area (Å²) < 4.78 is 10.3. The minimum atomic E-state index is -0.308. The zero-order chi connectivity index (χ0) is 11.5. The lowest BCUT2D eigenvalue weighted by Gasteiger charge is -2.23. The fourth-order valence-corrected chi connectivity index (χ4v) is 1.60. The minimum absolute atomic E-state index is 0.0380. The van der Waals surface area contributed by atoms with E-state index in [4.69, 9.17) is 9.47 Å². The predicted molar refractivity (Wildman–Crippen MR) is 59.9 cm³/mol. The van der Waals surface area contributed by atoms with Gasteiger partial charge in [-0.2, -0.15) is 0 Å². The summed E-state index contributed by atoms with van der Waals surface area (Å²) in [7, 11) is 0. The number of carbonyl (C=O) groups is 1. The molecule has 16 heavy (non-hydrogen) atoms. The maximum atomic E-state index is 12.1. The van der Waals surface area contributed by atoms with Crippen molar-refractivity contribution in [3.63, 3.8) is 0 Å². The highest BCUT2D eigenvalue weighted by atomic mass is 16.6. The molecule has 0 saturated carbocycles. The Bertz CT molecular complexity index is 273. The van der Waals surface area contributed by atoms with Crippen LogP contribution in [0.1, 0.15) is 0 Å². The molecule has 0 aromatic heterocycles. The van der Waals surface area contributed by atoms with Crippen molar-refractivity contribution in [1.82, 2.24) is 4.90 Å². The Balaban J connectivity index is 1.93. The Morgan fingerprint density at radius 3 is 2.00 bits per heavy atom. The number of amides is 1. The second kappa shape index (κ2) is 4.80. The highest BCUT2D eigenvalue weighted by Crippen LogP contribution is 2.18. The molecule has 4 nitrogen and oxygen atoms in total. The highest BCUT2D eigenvalue weighted by molar-refractivity contribution is 5.82. The summed E-state index contributed by atoms with van der Waals surface area (Å²) in [4.78, 5) is 13.9. The van der Waals surface area contributed by atoms with E-state index in [1.165, 1.54) is 0 Å². The van der Waals surface area contributed by atoms with Crippen LogP contribution in [-0.4, -0.2) is 49.3 Å². The first-order chi connectivity index (χ1) is 7.74. The van der Waals surface area contributed by atoms with Crippen molar-refractivity contribution in [2.24, 2.45) is 5.92 Å². The van der Waals surface area contributed by atoms with E-state index in [1.54, 1.807) is 17.1 Å². The Kier molecular flexibility index (Phi) is 3.41. The normalized spacial score (nSPS) is 26.3. The van der Waals surface area contributed by atoms with Gasteiger partial charge in [-0.1, -0.05) is 12.2 Å². The zero-order valence-electron chi connectivity index (χ0n) is 9.30. The van der Waals surface area contributed by atoms with Crippen LogP contribution in [0.15, 0.2) is 25.3 Å². The van der Waals surface area contributed by atoms with Crippen LogP contribution in [0.2, 0.25) is 0 Å². The molecule has 2 saturated heterocycles. The third-order valence-electron chi connectivity index (χ3n) is 2.76. The average molecular weight is 223 g/mol. The number of epoxide rings is 2. The van der Waals surface area contributed by atoms with Gasteiger partial charge in [-0.3, -0.25) is 4.79 Å². The summed E-state index contributed by atoms with van der Waals surface area (Å²) >= 11 is 0. The van der Waals surface area contributed by atoms with Crippen LogP contribution >= 0.6 is 0 Å². The largest absolute Gasteiger partial charge is 0.371 e. The van der Waals surface area contributed by atoms with Crippen molar-refractivity contribution in [1.29, 1.82) is 0 Å². The van der Waals surface area contributed by atoms with Crippen LogP contribution in [0.3, 0.4) is 0 Å². The van der Waals surface area contributed by atoms with Crippen molar-refractivity contribution < 1.29 is 14.3 Å². The smallest absolute Gasteiger partial charge is 0.233 e. The molecule has 0 N–H and O–H groups in total. The molecule has 88 valence electrons. The molecule has 2 rings (SSSR count). The van der Waals surface area contributed by atoms with E-state index in [0.29, 0.717) is 13.1 Å². The van der Waals surface area contributed by atoms with E-state index < -0.39 is 0 Å². The number of nitrogens with zero attached hydrogens (tertiary/aromatic N) is 1. The Labute approximate surface area is 95.5 Å². The molecule has 2 heterocycles. The van der Waals surface area contributed by atoms with Gasteiger partial charge in [-0.15, -0.1) is 13.2 Å². The molecule has 2 aliphatic rings. The lowest BCUT2D eigenvalue weighted by Crippen LogP contribution is -2.40. The Morgan fingerprint density at radius 2 is 1.69 bits per heavy atom. The summed E-state index contributed by atoms with van der Waals surface area (Å²) in [6.45, 7) is 10.1. The monoisotopic (exact) mass is 223 g/mol. The van der Waals surface area contributed by atoms with Crippen molar-refractivity contribution in [2.75, 3.05) is 26.3 Å². The van der Waals surface area contributed by atoms with E-state index in [0.717, 1.165) is 13.2 Å². The van der Waals surface area contributed by atoms with Gasteiger partial charge in [0.15, 0.2) is 0 Å². The van der Waals surface area contributed by atoms with Crippen molar-refractivity contribution in [2.45, 2.75) is 12.2 Å². The molecule has 1 amide bonds. The molecule has 2 aliphatic heterocycles. The van der Waals surface area contributed by atoms with Gasteiger partial charge in [0.05, 0.1) is 31.3 Å². The van der Waals surface area contributed by atoms with Crippen LogP contribution in [0.25, 0.3) is 0 Å². The summed E-state index contributed by atoms with van der Waals surface area (Å²) in [6, 6.07) is 0. The van der Waals surface area contributed by atoms with E-state index in [2.05, 4.69) is 13.2 Å². The number of hydrogen-bond donors (Lipinski definition) is 0. The quantitative estimate of drug-likeness (QED) is 0.469. The van der Waals surface area contributed by atoms with Crippen molar-refractivity contribution in [3.05, 3.63) is 25.3 Å². The van der Waals surface area contributed by atoms with Crippen LogP contribution < -0.4 is 0 Å². The van der Waals surface area contributed by atoms with Crippen molar-refractivity contribution >= 4 is 5.91 Å². The Hall–Kier alpha value is -1.13. The lowest BCUT2D eigenvalue weighted by molar-refractivity contribution is -0.133. The molecular weight excluding hydrogens is 206 g/mol. The first-order valence-corrected chi connectivity index (χ1v) is 5.51. The molecule has 0 bridgehead atoms. The van der Waals surface area contributed by atoms with E-state index in [1.807, 2.05) is 0 Å². The highest BCUT2D eigenvalue weighted by Gasteiger charge is 2.34. The molecule has 0 aromatic rings. The summed E-state index contributed by atoms with van der Waals surface area (Å²) in [6.07, 6.45) is 3.64. The van der Waals surface area contributed by atoms with E-state index >= 15 is 0 Å². The molecule has 2 unspecified atom stereocenters. The number of carbonyl (C=O) groups excluding carboxylic acids is 1. The number of ether oxygens (including phenoxy) is 2. The number of rotatable bonds is 7. The van der Waals surface area contributed by atoms with E-state index in [-0.39, 0.29) is 24.0 Å². The molecule has 2 fully saturated rings. The third kappa shape index (κ3) is 2.93. The fourth-order valence-electron chi connectivity index (χ4n) is 1.60. The first-order valence-electron chi connectivity index (χ1n) is 5.51. The second-order valence-corrected chi connectivity index (χ2v) is 4.15. The van der Waals surface area contributed by atoms with Crippen LogP contribution in [0.5, 0.6) is 0 Å². The van der Waals surface area contributed by atoms with Crippen LogP contribution in [0, 0.1) is 5.92 Å². The van der Waals surface area contributed by atoms with E-state index in [9.17, 15) is 4.79 Å². The van der Waals surface area contributed by atoms with Gasteiger partial charge < -0.3 is 14.4 Å². The lowest BCUT2D eigenvalue weighted by atomic mass is 10.1. The molecular formula is C12H17NO3. The maximum Gasteiger partial charge on any atom is 0.233 e. The predicted octanol–water partition coefficient (Wildman–Crippen LogP) is 0.601.